The Kier molecular flexibility index (Phi) is 6.97. The molecule has 0 rings (SSSR count). The number of hydrogen-bond acceptors (Lipinski definition) is 2. The number of alkyl halides is 3. The molecule has 60 valence electrons. The van der Waals surface area contributed by atoms with Crippen LogP contribution in [0.25, 0.3) is 0 Å². The average molecular weight is 209 g/mol. The Bertz CT molecular complexity index is 117. The summed E-state index contributed by atoms with van der Waals surface area (Å²) >= 11 is 14.4. The molecule has 2 N–H and O–H groups in total. The second-order valence-electron chi connectivity index (χ2n) is 0.908. The Morgan fingerprint density at radius 3 is 1.50 bits per heavy atom. The fraction of sp³-hybridized carbons (Fsp3) is 0.333. The van der Waals surface area contributed by atoms with Gasteiger partial charge >= 0.3 is 5.97 Å². The minimum atomic E-state index is -2.17. The van der Waals surface area contributed by atoms with E-state index in [0.29, 0.717) is 0 Å². The summed E-state index contributed by atoms with van der Waals surface area (Å²) in [5.41, 5.74) is 0. The van der Waals surface area contributed by atoms with Crippen molar-refractivity contribution in [2.45, 2.75) is 3.79 Å². The van der Waals surface area contributed by atoms with Gasteiger partial charge in [0, 0.05) is 0 Å². The van der Waals surface area contributed by atoms with Crippen molar-refractivity contribution in [3.8, 4) is 0 Å². The summed E-state index contributed by atoms with van der Waals surface area (Å²) in [6.07, 6.45) is 0. The van der Waals surface area contributed by atoms with Crippen molar-refractivity contribution in [1.29, 1.82) is 0 Å². The first-order chi connectivity index (χ1) is 4.36. The zero-order valence-corrected chi connectivity index (χ0v) is 6.69. The first-order valence-electron chi connectivity index (χ1n) is 1.74. The lowest BCUT2D eigenvalue weighted by atomic mass is 10.8. The Morgan fingerprint density at radius 2 is 1.50 bits per heavy atom. The van der Waals surface area contributed by atoms with Crippen LogP contribution in [0.15, 0.2) is 0 Å². The second kappa shape index (κ2) is 5.58. The first kappa shape index (κ1) is 12.5. The second-order valence-corrected chi connectivity index (χ2v) is 3.19. The Balaban J connectivity index is 0. The summed E-state index contributed by atoms with van der Waals surface area (Å²) in [5.74, 6) is -1.46. The van der Waals surface area contributed by atoms with Gasteiger partial charge in [-0.2, -0.15) is 0 Å². The normalized spacial score (nSPS) is 9.10. The molecule has 0 saturated heterocycles. The maximum absolute atomic E-state index is 9.62. The minimum Gasteiger partial charge on any atom is -0.483 e. The molecule has 0 aromatic carbocycles. The fourth-order valence-corrected chi connectivity index (χ4v) is 0. The predicted molar refractivity (Wildman–Crippen MR) is 36.6 cm³/mol. The van der Waals surface area contributed by atoms with Crippen molar-refractivity contribution in [1.82, 2.24) is 0 Å². The van der Waals surface area contributed by atoms with Crippen LogP contribution in [0.1, 0.15) is 0 Å². The van der Waals surface area contributed by atoms with E-state index in [-0.39, 0.29) is 6.47 Å². The SMILES string of the molecule is O=C(O)C(Cl)(Cl)Cl.O=CO. The number of rotatable bonds is 0. The van der Waals surface area contributed by atoms with Crippen LogP contribution in [0.3, 0.4) is 0 Å². The maximum Gasteiger partial charge on any atom is 0.356 e. The molecular weight excluding hydrogens is 206 g/mol. The van der Waals surface area contributed by atoms with Crippen molar-refractivity contribution >= 4 is 47.2 Å². The van der Waals surface area contributed by atoms with Gasteiger partial charge in [-0.25, -0.2) is 4.79 Å². The van der Waals surface area contributed by atoms with E-state index in [1.807, 2.05) is 0 Å². The molecule has 0 heterocycles. The third kappa shape index (κ3) is 10.7. The summed E-state index contributed by atoms with van der Waals surface area (Å²) in [5, 5.41) is 14.7. The minimum absolute atomic E-state index is 0.250. The molecule has 0 bridgehead atoms. The van der Waals surface area contributed by atoms with E-state index < -0.39 is 9.76 Å². The highest BCUT2D eigenvalue weighted by atomic mass is 35.6. The molecule has 7 heteroatoms. The van der Waals surface area contributed by atoms with E-state index >= 15 is 0 Å². The zero-order chi connectivity index (χ0) is 8.78. The first-order valence-corrected chi connectivity index (χ1v) is 2.87. The van der Waals surface area contributed by atoms with Gasteiger partial charge in [-0.3, -0.25) is 4.79 Å². The van der Waals surface area contributed by atoms with Crippen LogP contribution >= 0.6 is 34.8 Å². The maximum atomic E-state index is 9.62. The highest BCUT2D eigenvalue weighted by Crippen LogP contribution is 2.25. The fourth-order valence-electron chi connectivity index (χ4n) is 0. The highest BCUT2D eigenvalue weighted by molar-refractivity contribution is 6.75. The number of aliphatic carboxylic acids is 1. The van der Waals surface area contributed by atoms with Crippen LogP contribution in [0, 0.1) is 0 Å². The summed E-state index contributed by atoms with van der Waals surface area (Å²) in [6, 6.07) is 0. The van der Waals surface area contributed by atoms with Gasteiger partial charge in [0.2, 0.25) is 0 Å². The van der Waals surface area contributed by atoms with Gasteiger partial charge in [-0.05, 0) is 0 Å². The summed E-state index contributed by atoms with van der Waals surface area (Å²) in [4.78, 5) is 18.0. The van der Waals surface area contributed by atoms with Crippen molar-refractivity contribution in [3.63, 3.8) is 0 Å². The molecule has 0 atom stereocenters. The van der Waals surface area contributed by atoms with Crippen LogP contribution in [0.4, 0.5) is 0 Å². The quantitative estimate of drug-likeness (QED) is 0.463. The Labute approximate surface area is 71.3 Å². The molecule has 0 aliphatic rings. The molecule has 0 unspecified atom stereocenters. The number of carbonyl (C=O) groups is 2. The van der Waals surface area contributed by atoms with Crippen LogP contribution < -0.4 is 0 Å². The lowest BCUT2D eigenvalue weighted by Gasteiger charge is -1.99. The zero-order valence-electron chi connectivity index (χ0n) is 4.42. The van der Waals surface area contributed by atoms with E-state index in [2.05, 4.69) is 0 Å². The van der Waals surface area contributed by atoms with E-state index in [1.165, 1.54) is 0 Å². The lowest BCUT2D eigenvalue weighted by molar-refractivity contribution is -0.136. The summed E-state index contributed by atoms with van der Waals surface area (Å²) in [6.45, 7) is -0.250. The topological polar surface area (TPSA) is 74.6 Å². The van der Waals surface area contributed by atoms with Crippen LogP contribution in [-0.2, 0) is 9.59 Å². The third-order valence-electron chi connectivity index (χ3n) is 0.243. The molecule has 0 aliphatic carbocycles. The van der Waals surface area contributed by atoms with Gasteiger partial charge in [0.25, 0.3) is 10.3 Å². The molecule has 0 fully saturated rings. The lowest BCUT2D eigenvalue weighted by Crippen LogP contribution is -2.16. The standard InChI is InChI=1S/C2HCl3O2.CH2O2/c3-2(4,5)1(6)7;2-1-3/h(H,6,7);1H,(H,2,3). The molecule has 0 radical (unpaired) electrons. The summed E-state index contributed by atoms with van der Waals surface area (Å²) in [7, 11) is 0. The van der Waals surface area contributed by atoms with Crippen LogP contribution in [-0.4, -0.2) is 26.4 Å². The van der Waals surface area contributed by atoms with E-state index in [9.17, 15) is 4.79 Å². The van der Waals surface area contributed by atoms with Crippen LogP contribution in [0.5, 0.6) is 0 Å². The molecule has 0 spiro atoms. The van der Waals surface area contributed by atoms with Crippen molar-refractivity contribution in [2.75, 3.05) is 0 Å². The van der Waals surface area contributed by atoms with Crippen LogP contribution in [0.2, 0.25) is 0 Å². The van der Waals surface area contributed by atoms with Crippen molar-refractivity contribution < 1.29 is 19.8 Å². The predicted octanol–water partition coefficient (Wildman–Crippen LogP) is 1.14. The number of hydrogen-bond donors (Lipinski definition) is 2. The van der Waals surface area contributed by atoms with Gasteiger partial charge in [0.1, 0.15) is 0 Å². The van der Waals surface area contributed by atoms with E-state index in [1.54, 1.807) is 0 Å². The van der Waals surface area contributed by atoms with Crippen molar-refractivity contribution in [2.24, 2.45) is 0 Å². The average Bonchev–Trinajstić information content (AvgIpc) is 1.64. The molecule has 0 aromatic rings. The molecule has 0 amide bonds. The Hall–Kier alpha value is -0.190. The largest absolute Gasteiger partial charge is 0.483 e. The smallest absolute Gasteiger partial charge is 0.356 e. The van der Waals surface area contributed by atoms with Gasteiger partial charge in [-0.15, -0.1) is 0 Å². The Morgan fingerprint density at radius 1 is 1.40 bits per heavy atom. The van der Waals surface area contributed by atoms with Gasteiger partial charge in [0.15, 0.2) is 0 Å². The van der Waals surface area contributed by atoms with E-state index in [0.717, 1.165) is 0 Å². The van der Waals surface area contributed by atoms with Crippen molar-refractivity contribution in [3.05, 3.63) is 0 Å². The molecule has 0 aromatic heterocycles. The number of halogens is 3. The highest BCUT2D eigenvalue weighted by Gasteiger charge is 2.29. The van der Waals surface area contributed by atoms with Gasteiger partial charge in [-0.1, -0.05) is 34.8 Å². The molecule has 4 nitrogen and oxygen atoms in total. The third-order valence-corrected chi connectivity index (χ3v) is 0.728. The monoisotopic (exact) mass is 208 g/mol. The summed E-state index contributed by atoms with van der Waals surface area (Å²) < 4.78 is -2.17. The van der Waals surface area contributed by atoms with Gasteiger partial charge in [0.05, 0.1) is 0 Å². The molecule has 0 aliphatic heterocycles. The van der Waals surface area contributed by atoms with E-state index in [4.69, 9.17) is 49.8 Å². The molecular formula is C3H3Cl3O4. The number of carboxylic acid groups (broad SMARTS) is 2. The molecule has 10 heavy (non-hydrogen) atoms. The number of carboxylic acids is 1. The van der Waals surface area contributed by atoms with Gasteiger partial charge < -0.3 is 10.2 Å². The molecule has 0 saturated carbocycles.